The van der Waals surface area contributed by atoms with Gasteiger partial charge in [0.15, 0.2) is 0 Å². The highest BCUT2D eigenvalue weighted by Gasteiger charge is 2.48. The van der Waals surface area contributed by atoms with Crippen LogP contribution in [0.25, 0.3) is 0 Å². The van der Waals surface area contributed by atoms with Crippen molar-refractivity contribution in [2.75, 3.05) is 6.61 Å². The van der Waals surface area contributed by atoms with Gasteiger partial charge in [0.1, 0.15) is 6.61 Å². The number of nitro groups is 1. The van der Waals surface area contributed by atoms with E-state index in [1.54, 1.807) is 12.1 Å². The maximum atomic E-state index is 12.2. The zero-order chi connectivity index (χ0) is 15.7. The number of rotatable bonds is 1. The fourth-order valence-electron chi connectivity index (χ4n) is 4.22. The molecule has 1 heterocycles. The summed E-state index contributed by atoms with van der Waals surface area (Å²) in [5, 5.41) is 11.1. The van der Waals surface area contributed by atoms with Crippen LogP contribution in [0.2, 0.25) is 0 Å². The summed E-state index contributed by atoms with van der Waals surface area (Å²) in [4.78, 5) is 23.0. The Bertz CT molecular complexity index is 944. The van der Waals surface area contributed by atoms with E-state index < -0.39 is 0 Å². The Balaban J connectivity index is 1.84. The molecule has 0 aromatic heterocycles. The molecule has 2 bridgehead atoms. The minimum Gasteiger partial charge on any atom is -0.458 e. The monoisotopic (exact) mass is 305 g/mol. The van der Waals surface area contributed by atoms with Gasteiger partial charge in [-0.2, -0.15) is 0 Å². The normalized spacial score (nSPS) is 23.2. The lowest BCUT2D eigenvalue weighted by atomic mass is 9.61. The molecule has 4 aliphatic rings. The minimum absolute atomic E-state index is 0.0844. The average molecular weight is 305 g/mol. The lowest BCUT2D eigenvalue weighted by Gasteiger charge is -2.39. The van der Waals surface area contributed by atoms with Crippen LogP contribution >= 0.6 is 0 Å². The zero-order valence-corrected chi connectivity index (χ0v) is 12.0. The van der Waals surface area contributed by atoms with E-state index in [0.717, 1.165) is 33.4 Å². The molecule has 5 heteroatoms. The Morgan fingerprint density at radius 2 is 1.70 bits per heavy atom. The number of hydrogen-bond acceptors (Lipinski definition) is 4. The molecule has 0 fully saturated rings. The summed E-state index contributed by atoms with van der Waals surface area (Å²) in [5.74, 6) is -0.543. The second-order valence-electron chi connectivity index (χ2n) is 6.08. The lowest BCUT2D eigenvalue weighted by molar-refractivity contribution is -0.384. The van der Waals surface area contributed by atoms with Gasteiger partial charge in [0.2, 0.25) is 0 Å². The number of nitro benzene ring substituents is 1. The molecule has 23 heavy (non-hydrogen) atoms. The molecule has 0 spiro atoms. The van der Waals surface area contributed by atoms with E-state index >= 15 is 0 Å². The van der Waals surface area contributed by atoms with Gasteiger partial charge in [-0.05, 0) is 27.8 Å². The third-order valence-corrected chi connectivity index (χ3v) is 5.08. The van der Waals surface area contributed by atoms with Crippen LogP contribution in [0.1, 0.15) is 34.1 Å². The molecule has 0 saturated heterocycles. The highest BCUT2D eigenvalue weighted by Crippen LogP contribution is 2.57. The first-order chi connectivity index (χ1) is 11.2. The molecular weight excluding hydrogens is 294 g/mol. The van der Waals surface area contributed by atoms with E-state index in [0.29, 0.717) is 0 Å². The number of ether oxygens (including phenoxy) is 1. The Labute approximate surface area is 131 Å². The molecule has 0 saturated carbocycles. The highest BCUT2D eigenvalue weighted by atomic mass is 16.6. The smallest absolute Gasteiger partial charge is 0.335 e. The first-order valence-corrected chi connectivity index (χ1v) is 7.44. The van der Waals surface area contributed by atoms with Crippen molar-refractivity contribution in [1.29, 1.82) is 0 Å². The summed E-state index contributed by atoms with van der Waals surface area (Å²) in [6.07, 6.45) is 0. The first kappa shape index (κ1) is 12.6. The summed E-state index contributed by atoms with van der Waals surface area (Å²) in [7, 11) is 0. The van der Waals surface area contributed by atoms with Crippen molar-refractivity contribution in [3.63, 3.8) is 0 Å². The fourth-order valence-corrected chi connectivity index (χ4v) is 4.22. The summed E-state index contributed by atoms with van der Waals surface area (Å²) >= 11 is 0. The molecular formula is C18H11NO4. The van der Waals surface area contributed by atoms with Crippen molar-refractivity contribution in [3.05, 3.63) is 86.0 Å². The van der Waals surface area contributed by atoms with Gasteiger partial charge < -0.3 is 4.74 Å². The first-order valence-electron chi connectivity index (χ1n) is 7.44. The van der Waals surface area contributed by atoms with Gasteiger partial charge >= 0.3 is 5.97 Å². The molecule has 112 valence electrons. The van der Waals surface area contributed by atoms with Crippen LogP contribution in [0.4, 0.5) is 5.69 Å². The van der Waals surface area contributed by atoms with E-state index in [1.165, 1.54) is 6.07 Å². The number of hydrogen-bond donors (Lipinski definition) is 0. The number of non-ortho nitro benzene ring substituents is 1. The van der Waals surface area contributed by atoms with E-state index in [2.05, 4.69) is 0 Å². The second-order valence-corrected chi connectivity index (χ2v) is 6.08. The molecule has 2 aromatic carbocycles. The third kappa shape index (κ3) is 1.44. The van der Waals surface area contributed by atoms with Crippen molar-refractivity contribution in [2.45, 2.75) is 11.8 Å². The SMILES string of the molecule is O=C1OCC2=C1[C@H]1c3ccccc3[C@@H]2c2cc([N+](=O)[O-])ccc21. The Kier molecular flexibility index (Phi) is 2.23. The molecule has 0 unspecified atom stereocenters. The molecule has 0 amide bonds. The number of carbonyl (C=O) groups is 1. The van der Waals surface area contributed by atoms with Crippen LogP contribution in [0, 0.1) is 10.1 Å². The second kappa shape index (κ2) is 4.07. The molecule has 3 aliphatic carbocycles. The van der Waals surface area contributed by atoms with E-state index in [-0.39, 0.29) is 35.0 Å². The fraction of sp³-hybridized carbons (Fsp3) is 0.167. The molecule has 0 N–H and O–H groups in total. The summed E-state index contributed by atoms with van der Waals surface area (Å²) in [6, 6.07) is 13.0. The van der Waals surface area contributed by atoms with Crippen molar-refractivity contribution in [1.82, 2.24) is 0 Å². The minimum atomic E-state index is -0.375. The highest BCUT2D eigenvalue weighted by molar-refractivity contribution is 5.97. The quantitative estimate of drug-likeness (QED) is 0.461. The van der Waals surface area contributed by atoms with E-state index in [9.17, 15) is 14.9 Å². The summed E-state index contributed by atoms with van der Waals surface area (Å²) < 4.78 is 5.27. The number of benzene rings is 2. The third-order valence-electron chi connectivity index (χ3n) is 5.08. The maximum Gasteiger partial charge on any atom is 0.335 e. The summed E-state index contributed by atoms with van der Waals surface area (Å²) in [5.41, 5.74) is 5.93. The zero-order valence-electron chi connectivity index (χ0n) is 12.0. The number of esters is 1. The number of carbonyl (C=O) groups excluding carboxylic acids is 1. The molecule has 6 rings (SSSR count). The predicted molar refractivity (Wildman–Crippen MR) is 81.2 cm³/mol. The Morgan fingerprint density at radius 1 is 1.00 bits per heavy atom. The van der Waals surface area contributed by atoms with Crippen LogP contribution in [-0.4, -0.2) is 17.5 Å². The largest absolute Gasteiger partial charge is 0.458 e. The topological polar surface area (TPSA) is 69.4 Å². The van der Waals surface area contributed by atoms with Gasteiger partial charge in [-0.25, -0.2) is 4.79 Å². The van der Waals surface area contributed by atoms with Gasteiger partial charge in [-0.1, -0.05) is 30.3 Å². The average Bonchev–Trinajstić information content (AvgIpc) is 2.96. The molecule has 1 aliphatic heterocycles. The van der Waals surface area contributed by atoms with Crippen molar-refractivity contribution in [3.8, 4) is 0 Å². The number of nitrogens with zero attached hydrogens (tertiary/aromatic N) is 1. The lowest BCUT2D eigenvalue weighted by Crippen LogP contribution is -2.28. The van der Waals surface area contributed by atoms with E-state index in [1.807, 2.05) is 24.3 Å². The van der Waals surface area contributed by atoms with Crippen molar-refractivity contribution >= 4 is 11.7 Å². The van der Waals surface area contributed by atoms with Gasteiger partial charge in [-0.3, -0.25) is 10.1 Å². The molecule has 0 radical (unpaired) electrons. The van der Waals surface area contributed by atoms with E-state index in [4.69, 9.17) is 4.74 Å². The van der Waals surface area contributed by atoms with Gasteiger partial charge in [0, 0.05) is 24.0 Å². The van der Waals surface area contributed by atoms with Crippen molar-refractivity contribution < 1.29 is 14.5 Å². The van der Waals surface area contributed by atoms with Gasteiger partial charge in [0.25, 0.3) is 5.69 Å². The Hall–Kier alpha value is -2.95. The molecule has 2 aromatic rings. The van der Waals surface area contributed by atoms with Crippen LogP contribution in [0.3, 0.4) is 0 Å². The van der Waals surface area contributed by atoms with Gasteiger partial charge in [0.05, 0.1) is 10.5 Å². The predicted octanol–water partition coefficient (Wildman–Crippen LogP) is 3.04. The summed E-state index contributed by atoms with van der Waals surface area (Å²) in [6.45, 7) is 0.284. The van der Waals surface area contributed by atoms with Crippen LogP contribution in [0.5, 0.6) is 0 Å². The van der Waals surface area contributed by atoms with Crippen LogP contribution in [-0.2, 0) is 9.53 Å². The molecule has 5 nitrogen and oxygen atoms in total. The van der Waals surface area contributed by atoms with Crippen molar-refractivity contribution in [2.24, 2.45) is 0 Å². The Morgan fingerprint density at radius 3 is 2.43 bits per heavy atom. The molecule has 2 atom stereocenters. The number of cyclic esters (lactones) is 1. The van der Waals surface area contributed by atoms with Crippen LogP contribution < -0.4 is 0 Å². The van der Waals surface area contributed by atoms with Gasteiger partial charge in [-0.15, -0.1) is 0 Å². The standard InChI is InChI=1S/C18H11NO4/c20-18-17-14(8-23-18)15-10-3-1-2-4-11(10)16(17)12-6-5-9(19(21)22)7-13(12)15/h1-7,15-16H,8H2/t15-,16+/m1/s1. The van der Waals surface area contributed by atoms with Crippen LogP contribution in [0.15, 0.2) is 53.6 Å². The maximum absolute atomic E-state index is 12.2.